The van der Waals surface area contributed by atoms with Crippen molar-refractivity contribution in [1.29, 1.82) is 0 Å². The Morgan fingerprint density at radius 2 is 1.31 bits per heavy atom. The monoisotopic (exact) mass is 539 g/mol. The van der Waals surface area contributed by atoms with Crippen molar-refractivity contribution in [1.82, 2.24) is 24.7 Å². The zero-order valence-electron chi connectivity index (χ0n) is 20.1. The first-order valence-corrected chi connectivity index (χ1v) is 11.7. The number of halogens is 6. The highest BCUT2D eigenvalue weighted by atomic mass is 19.4. The van der Waals surface area contributed by atoms with E-state index >= 15 is 0 Å². The van der Waals surface area contributed by atoms with Crippen molar-refractivity contribution in [3.63, 3.8) is 0 Å². The van der Waals surface area contributed by atoms with E-state index in [2.05, 4.69) is 20.2 Å². The molecule has 198 valence electrons. The van der Waals surface area contributed by atoms with Crippen LogP contribution in [-0.2, 0) is 25.3 Å². The van der Waals surface area contributed by atoms with Crippen LogP contribution in [-0.4, -0.2) is 24.7 Å². The minimum absolute atomic E-state index is 0.110. The van der Waals surface area contributed by atoms with Gasteiger partial charge in [0, 0.05) is 36.8 Å². The molecule has 2 aromatic carbocycles. The third-order valence-electron chi connectivity index (χ3n) is 6.09. The first kappa shape index (κ1) is 26.1. The lowest BCUT2D eigenvalue weighted by atomic mass is 10.0. The second-order valence-electron chi connectivity index (χ2n) is 8.75. The normalized spacial score (nSPS) is 12.1. The van der Waals surface area contributed by atoms with E-state index in [1.165, 1.54) is 0 Å². The molecule has 5 nitrogen and oxygen atoms in total. The van der Waals surface area contributed by atoms with E-state index < -0.39 is 23.5 Å². The summed E-state index contributed by atoms with van der Waals surface area (Å²) in [4.78, 5) is 8.23. The molecule has 5 aromatic rings. The van der Waals surface area contributed by atoms with Gasteiger partial charge in [0.05, 0.1) is 17.7 Å². The Kier molecular flexibility index (Phi) is 6.90. The second-order valence-corrected chi connectivity index (χ2v) is 8.75. The van der Waals surface area contributed by atoms with Crippen molar-refractivity contribution < 1.29 is 26.3 Å². The van der Waals surface area contributed by atoms with Crippen molar-refractivity contribution in [2.24, 2.45) is 0 Å². The first-order chi connectivity index (χ1) is 18.6. The molecule has 0 saturated carbocycles. The summed E-state index contributed by atoms with van der Waals surface area (Å²) in [7, 11) is 0. The van der Waals surface area contributed by atoms with Gasteiger partial charge in [0.2, 0.25) is 0 Å². The molecule has 0 spiro atoms. The van der Waals surface area contributed by atoms with Gasteiger partial charge in [-0.3, -0.25) is 9.97 Å². The number of nitrogens with zero attached hydrogens (tertiary/aromatic N) is 5. The Labute approximate surface area is 218 Å². The topological polar surface area (TPSA) is 56.5 Å². The number of benzene rings is 2. The number of rotatable bonds is 6. The molecule has 0 saturated heterocycles. The molecule has 0 N–H and O–H groups in total. The maximum atomic E-state index is 13.5. The number of hydrogen-bond donors (Lipinski definition) is 0. The largest absolute Gasteiger partial charge is 0.416 e. The van der Waals surface area contributed by atoms with Crippen LogP contribution >= 0.6 is 0 Å². The maximum absolute atomic E-state index is 13.5. The summed E-state index contributed by atoms with van der Waals surface area (Å²) in [6.45, 7) is 0.170. The fraction of sp³-hybridized carbons (Fsp3) is 0.143. The molecule has 3 heterocycles. The van der Waals surface area contributed by atoms with Crippen molar-refractivity contribution >= 4 is 0 Å². The summed E-state index contributed by atoms with van der Waals surface area (Å²) in [6, 6.07) is 16.3. The molecule has 11 heteroatoms. The predicted molar refractivity (Wildman–Crippen MR) is 131 cm³/mol. The lowest BCUT2D eigenvalue weighted by Crippen LogP contribution is -2.13. The van der Waals surface area contributed by atoms with Gasteiger partial charge < -0.3 is 4.57 Å². The van der Waals surface area contributed by atoms with E-state index in [9.17, 15) is 26.3 Å². The summed E-state index contributed by atoms with van der Waals surface area (Å²) >= 11 is 0. The molecule has 0 aliphatic rings. The Bertz CT molecular complexity index is 1550. The summed E-state index contributed by atoms with van der Waals surface area (Å²) in [5.74, 6) is 0.579. The molecule has 0 amide bonds. The van der Waals surface area contributed by atoms with Gasteiger partial charge in [0.1, 0.15) is 5.82 Å². The van der Waals surface area contributed by atoms with Crippen LogP contribution in [0.25, 0.3) is 22.5 Å². The molecule has 0 radical (unpaired) electrons. The van der Waals surface area contributed by atoms with E-state index in [0.717, 1.165) is 16.7 Å². The Hall–Kier alpha value is -4.54. The molecule has 0 aliphatic carbocycles. The molecular formula is C28H19F6N5. The summed E-state index contributed by atoms with van der Waals surface area (Å²) in [6.07, 6.45) is -3.81. The van der Waals surface area contributed by atoms with Crippen LogP contribution in [0.2, 0.25) is 0 Å². The fourth-order valence-electron chi connectivity index (χ4n) is 4.27. The van der Waals surface area contributed by atoms with Crippen LogP contribution in [0.1, 0.15) is 28.1 Å². The smallest absolute Gasteiger partial charge is 0.306 e. The van der Waals surface area contributed by atoms with E-state index in [1.54, 1.807) is 41.5 Å². The number of hydrogen-bond acceptors (Lipinski definition) is 4. The molecule has 3 aromatic heterocycles. The van der Waals surface area contributed by atoms with E-state index in [1.807, 2.05) is 36.4 Å². The highest BCUT2D eigenvalue weighted by molar-refractivity contribution is 5.67. The number of alkyl halides is 6. The van der Waals surface area contributed by atoms with Crippen LogP contribution in [0.3, 0.4) is 0 Å². The zero-order chi connectivity index (χ0) is 27.6. The molecule has 39 heavy (non-hydrogen) atoms. The van der Waals surface area contributed by atoms with Gasteiger partial charge in [-0.15, -0.1) is 10.2 Å². The van der Waals surface area contributed by atoms with Gasteiger partial charge in [-0.25, -0.2) is 0 Å². The Balaban J connectivity index is 1.61. The van der Waals surface area contributed by atoms with Gasteiger partial charge in [-0.1, -0.05) is 30.3 Å². The highest BCUT2D eigenvalue weighted by Gasteiger charge is 2.37. The lowest BCUT2D eigenvalue weighted by Gasteiger charge is -2.16. The maximum Gasteiger partial charge on any atom is 0.416 e. The van der Waals surface area contributed by atoms with Gasteiger partial charge in [0.25, 0.3) is 0 Å². The van der Waals surface area contributed by atoms with Gasteiger partial charge >= 0.3 is 12.4 Å². The lowest BCUT2D eigenvalue weighted by molar-refractivity contribution is -0.143. The Morgan fingerprint density at radius 1 is 0.667 bits per heavy atom. The van der Waals surface area contributed by atoms with Crippen LogP contribution in [0.15, 0.2) is 91.5 Å². The highest BCUT2D eigenvalue weighted by Crippen LogP contribution is 2.37. The van der Waals surface area contributed by atoms with E-state index in [4.69, 9.17) is 0 Å². The third-order valence-corrected chi connectivity index (χ3v) is 6.09. The zero-order valence-corrected chi connectivity index (χ0v) is 20.1. The third kappa shape index (κ3) is 5.82. The number of pyridine rings is 2. The second kappa shape index (κ2) is 10.3. The van der Waals surface area contributed by atoms with Gasteiger partial charge in [-0.2, -0.15) is 26.3 Å². The molecule has 0 aliphatic heterocycles. The van der Waals surface area contributed by atoms with Crippen molar-refractivity contribution in [3.05, 3.63) is 120 Å². The summed E-state index contributed by atoms with van der Waals surface area (Å²) in [5.41, 5.74) is 0.223. The van der Waals surface area contributed by atoms with Crippen molar-refractivity contribution in [3.8, 4) is 22.5 Å². The van der Waals surface area contributed by atoms with Gasteiger partial charge in [-0.05, 0) is 58.7 Å². The standard InChI is InChI=1S/C28H19F6N5/c29-27(30,31)22-12-18(13-23(15-22)28(32,33)34)14-25-37-38-26(20-6-9-35-10-7-20)39(25)17-21-16-36-11-8-24(21)19-4-2-1-3-5-19/h1-13,15-16H,14,17H2. The van der Waals surface area contributed by atoms with Crippen molar-refractivity contribution in [2.75, 3.05) is 0 Å². The van der Waals surface area contributed by atoms with E-state index in [-0.39, 0.29) is 30.4 Å². The molecular weight excluding hydrogens is 520 g/mol. The summed E-state index contributed by atoms with van der Waals surface area (Å²) in [5, 5.41) is 8.42. The minimum atomic E-state index is -4.95. The molecule has 5 rings (SSSR count). The molecule has 0 fully saturated rings. The SMILES string of the molecule is FC(F)(F)c1cc(Cc2nnc(-c3ccncc3)n2Cc2cnccc2-c2ccccc2)cc(C(F)(F)F)c1. The first-order valence-electron chi connectivity index (χ1n) is 11.7. The van der Waals surface area contributed by atoms with Crippen LogP contribution in [0.5, 0.6) is 0 Å². The van der Waals surface area contributed by atoms with Crippen LogP contribution in [0.4, 0.5) is 26.3 Å². The minimum Gasteiger partial charge on any atom is -0.306 e. The predicted octanol–water partition coefficient (Wildman–Crippen LogP) is 7.08. The average Bonchev–Trinajstić information content (AvgIpc) is 3.30. The number of aromatic nitrogens is 5. The molecule has 0 bridgehead atoms. The van der Waals surface area contributed by atoms with Gasteiger partial charge in [0.15, 0.2) is 5.82 Å². The summed E-state index contributed by atoms with van der Waals surface area (Å²) < 4.78 is 82.4. The van der Waals surface area contributed by atoms with Crippen molar-refractivity contribution in [2.45, 2.75) is 25.3 Å². The van der Waals surface area contributed by atoms with Crippen LogP contribution < -0.4 is 0 Å². The molecule has 0 unspecified atom stereocenters. The average molecular weight is 539 g/mol. The molecule has 0 atom stereocenters. The van der Waals surface area contributed by atoms with Crippen LogP contribution in [0, 0.1) is 0 Å². The Morgan fingerprint density at radius 3 is 1.95 bits per heavy atom. The quantitative estimate of drug-likeness (QED) is 0.217. The fourth-order valence-corrected chi connectivity index (χ4v) is 4.27. The van der Waals surface area contributed by atoms with E-state index in [0.29, 0.717) is 23.5 Å².